The summed E-state index contributed by atoms with van der Waals surface area (Å²) in [4.78, 5) is 0. The Balaban J connectivity index is 0. The van der Waals surface area contributed by atoms with Gasteiger partial charge in [-0.2, -0.15) is 0 Å². The molecule has 0 aromatic carbocycles. The molecule has 0 saturated heterocycles. The first-order valence-electron chi connectivity index (χ1n) is 2.51. The number of unbranched alkanes of at least 4 members (excludes halogenated alkanes) is 2. The van der Waals surface area contributed by atoms with Crippen LogP contribution in [0, 0.1) is 11.2 Å². The van der Waals surface area contributed by atoms with Crippen LogP contribution in [0.2, 0.25) is 0 Å². The van der Waals surface area contributed by atoms with Crippen molar-refractivity contribution in [2.24, 2.45) is 0 Å². The molecule has 0 aromatic rings. The van der Waals surface area contributed by atoms with E-state index in [9.17, 15) is 0 Å². The molecule has 0 fully saturated rings. The summed E-state index contributed by atoms with van der Waals surface area (Å²) in [6, 6.07) is 0. The summed E-state index contributed by atoms with van der Waals surface area (Å²) < 4.78 is 0. The van der Waals surface area contributed by atoms with E-state index in [1.807, 2.05) is 0 Å². The molecule has 0 bridgehead atoms. The van der Waals surface area contributed by atoms with Crippen LogP contribution >= 0.6 is 0 Å². The van der Waals surface area contributed by atoms with Gasteiger partial charge in [0.2, 0.25) is 0 Å². The van der Waals surface area contributed by atoms with Crippen molar-refractivity contribution in [2.45, 2.75) is 26.2 Å². The summed E-state index contributed by atoms with van der Waals surface area (Å²) >= 11 is 4.40. The monoisotopic (exact) mass is 136 g/mol. The molecule has 0 heterocycles. The Morgan fingerprint density at radius 1 is 1.50 bits per heavy atom. The van der Waals surface area contributed by atoms with Crippen LogP contribution in [-0.4, -0.2) is 0 Å². The first kappa shape index (κ1) is 11.6. The zero-order chi connectivity index (χ0) is 5.54. The smallest absolute Gasteiger partial charge is 0.725 e. The van der Waals surface area contributed by atoms with E-state index in [1.54, 1.807) is 0 Å². The Bertz CT molecular complexity index is 80.3. The fourth-order valence-electron chi connectivity index (χ4n) is 0.316. The summed E-state index contributed by atoms with van der Waals surface area (Å²) in [7, 11) is 0. The maximum Gasteiger partial charge on any atom is 1.00 e. The normalized spacial score (nSPS) is 6.12. The molecular weight excluding hydrogens is 127 g/mol. The van der Waals surface area contributed by atoms with Gasteiger partial charge in [-0.3, -0.25) is 0 Å². The van der Waals surface area contributed by atoms with E-state index in [1.165, 1.54) is 12.8 Å². The summed E-state index contributed by atoms with van der Waals surface area (Å²) in [5.74, 6) is 2.81. The van der Waals surface area contributed by atoms with E-state index in [0.717, 1.165) is 6.42 Å². The van der Waals surface area contributed by atoms with Gasteiger partial charge in [-0.1, -0.05) is 13.3 Å². The zero-order valence-corrected chi connectivity index (χ0v) is 8.35. The molecule has 2 heteroatoms. The molecule has 0 amide bonds. The molecule has 0 aliphatic heterocycles. The van der Waals surface area contributed by atoms with Gasteiger partial charge < -0.3 is 12.6 Å². The maximum absolute atomic E-state index is 4.40. The second kappa shape index (κ2) is 10.7. The first-order chi connectivity index (χ1) is 3.41. The van der Waals surface area contributed by atoms with Crippen molar-refractivity contribution in [2.75, 3.05) is 0 Å². The van der Waals surface area contributed by atoms with Gasteiger partial charge in [0.25, 0.3) is 0 Å². The second-order valence-corrected chi connectivity index (χ2v) is 1.59. The molecule has 0 nitrogen and oxygen atoms in total. The van der Waals surface area contributed by atoms with Gasteiger partial charge in [-0.25, -0.2) is 5.25 Å². The van der Waals surface area contributed by atoms with Crippen LogP contribution in [0.4, 0.5) is 0 Å². The molecular formula is C6H9NaS. The van der Waals surface area contributed by atoms with Crippen molar-refractivity contribution in [3.63, 3.8) is 0 Å². The molecule has 8 heavy (non-hydrogen) atoms. The van der Waals surface area contributed by atoms with Crippen molar-refractivity contribution in [1.29, 1.82) is 0 Å². The zero-order valence-electron chi connectivity index (χ0n) is 5.53. The summed E-state index contributed by atoms with van der Waals surface area (Å²) in [5.41, 5.74) is 0. The SMILES string of the molecule is CCCCC#C[S-].[Na+]. The standard InChI is InChI=1S/C6H10S.Na/c1-2-3-4-5-6-7;/h7H,2-4H2,1H3;/q;+1/p-1. The van der Waals surface area contributed by atoms with Crippen LogP contribution in [0.3, 0.4) is 0 Å². The van der Waals surface area contributed by atoms with Crippen LogP contribution < -0.4 is 29.6 Å². The number of hydrogen-bond donors (Lipinski definition) is 0. The third-order valence-corrected chi connectivity index (χ3v) is 0.872. The van der Waals surface area contributed by atoms with Crippen molar-refractivity contribution in [3.8, 4) is 11.2 Å². The second-order valence-electron chi connectivity index (χ2n) is 1.38. The molecule has 0 atom stereocenters. The van der Waals surface area contributed by atoms with E-state index >= 15 is 0 Å². The van der Waals surface area contributed by atoms with Crippen LogP contribution in [0.5, 0.6) is 0 Å². The van der Waals surface area contributed by atoms with E-state index in [-0.39, 0.29) is 29.6 Å². The first-order valence-corrected chi connectivity index (χ1v) is 2.92. The third-order valence-electron chi connectivity index (χ3n) is 0.727. The van der Waals surface area contributed by atoms with E-state index < -0.39 is 0 Å². The average Bonchev–Trinajstić information content (AvgIpc) is 1.69. The molecule has 0 rings (SSSR count). The number of hydrogen-bond acceptors (Lipinski definition) is 1. The fourth-order valence-corrected chi connectivity index (χ4v) is 0.418. The molecule has 0 radical (unpaired) electrons. The maximum atomic E-state index is 4.40. The Kier molecular flexibility index (Phi) is 15.5. The topological polar surface area (TPSA) is 0 Å². The minimum Gasteiger partial charge on any atom is -0.725 e. The molecule has 0 aliphatic carbocycles. The van der Waals surface area contributed by atoms with E-state index in [2.05, 4.69) is 30.7 Å². The van der Waals surface area contributed by atoms with Gasteiger partial charge in [0.05, 0.1) is 0 Å². The average molecular weight is 136 g/mol. The van der Waals surface area contributed by atoms with Crippen LogP contribution in [0.1, 0.15) is 26.2 Å². The predicted molar refractivity (Wildman–Crippen MR) is 34.7 cm³/mol. The summed E-state index contributed by atoms with van der Waals surface area (Å²) in [6.07, 6.45) is 3.37. The molecule has 0 unspecified atom stereocenters. The van der Waals surface area contributed by atoms with Crippen molar-refractivity contribution in [3.05, 3.63) is 0 Å². The van der Waals surface area contributed by atoms with Crippen molar-refractivity contribution < 1.29 is 29.6 Å². The van der Waals surface area contributed by atoms with Gasteiger partial charge in [0, 0.05) is 6.42 Å². The van der Waals surface area contributed by atoms with Gasteiger partial charge >= 0.3 is 29.6 Å². The number of rotatable bonds is 2. The fraction of sp³-hybridized carbons (Fsp3) is 0.667. The Morgan fingerprint density at radius 3 is 2.50 bits per heavy atom. The Hall–Kier alpha value is 0.780. The predicted octanol–water partition coefficient (Wildman–Crippen LogP) is -1.31. The van der Waals surface area contributed by atoms with Crippen molar-refractivity contribution in [1.82, 2.24) is 0 Å². The van der Waals surface area contributed by atoms with Crippen LogP contribution in [0.15, 0.2) is 0 Å². The minimum absolute atomic E-state index is 0. The van der Waals surface area contributed by atoms with Gasteiger partial charge in [-0.15, -0.1) is 5.92 Å². The summed E-state index contributed by atoms with van der Waals surface area (Å²) in [5, 5.41) is 2.44. The van der Waals surface area contributed by atoms with E-state index in [4.69, 9.17) is 0 Å². The quantitative estimate of drug-likeness (QED) is 0.196. The van der Waals surface area contributed by atoms with Crippen LogP contribution in [-0.2, 0) is 12.6 Å². The minimum atomic E-state index is 0. The molecule has 40 valence electrons. The van der Waals surface area contributed by atoms with Crippen LogP contribution in [0.25, 0.3) is 0 Å². The largest absolute Gasteiger partial charge is 1.00 e. The Labute approximate surface area is 79.1 Å². The third kappa shape index (κ3) is 9.91. The van der Waals surface area contributed by atoms with Gasteiger partial charge in [-0.05, 0) is 6.42 Å². The molecule has 0 N–H and O–H groups in total. The van der Waals surface area contributed by atoms with Crippen molar-refractivity contribution >= 4 is 12.6 Å². The molecule has 0 aromatic heterocycles. The van der Waals surface area contributed by atoms with E-state index in [0.29, 0.717) is 0 Å². The molecule has 0 spiro atoms. The molecule has 0 saturated carbocycles. The van der Waals surface area contributed by atoms with Gasteiger partial charge in [0.15, 0.2) is 0 Å². The van der Waals surface area contributed by atoms with Gasteiger partial charge in [0.1, 0.15) is 0 Å². The summed E-state index contributed by atoms with van der Waals surface area (Å²) in [6.45, 7) is 2.14. The Morgan fingerprint density at radius 2 is 2.12 bits per heavy atom. The molecule has 0 aliphatic rings.